The molecule has 0 saturated carbocycles. The molecule has 1 aliphatic rings. The molecule has 34 heavy (non-hydrogen) atoms. The Kier molecular flexibility index (Phi) is 8.61. The molecule has 2 unspecified atom stereocenters. The number of hydrogen-bond donors (Lipinski definition) is 3. The molecular weight excluding hydrogens is 438 g/mol. The van der Waals surface area contributed by atoms with Gasteiger partial charge in [-0.15, -0.1) is 0 Å². The Bertz CT molecular complexity index is 980. The molecule has 2 aromatic rings. The van der Waals surface area contributed by atoms with Gasteiger partial charge >= 0.3 is 12.1 Å². The average molecular weight is 470 g/mol. The Hall–Kier alpha value is -3.43. The molecule has 2 atom stereocenters. The molecule has 0 saturated heterocycles. The fourth-order valence-corrected chi connectivity index (χ4v) is 4.02. The SMILES string of the molecule is COC(CNC(=O)OCC1c2ccccc2-c2ccccc21)C(=O)NC(CCN(C)C)C(=O)O. The van der Waals surface area contributed by atoms with Gasteiger partial charge in [-0.1, -0.05) is 48.5 Å². The van der Waals surface area contributed by atoms with Crippen LogP contribution >= 0.6 is 0 Å². The summed E-state index contributed by atoms with van der Waals surface area (Å²) in [4.78, 5) is 38.1. The number of aliphatic carboxylic acids is 1. The number of carboxylic acid groups (broad SMARTS) is 1. The summed E-state index contributed by atoms with van der Waals surface area (Å²) < 4.78 is 10.6. The second-order valence-corrected chi connectivity index (χ2v) is 8.42. The summed E-state index contributed by atoms with van der Waals surface area (Å²) in [6, 6.07) is 15.0. The number of carbonyl (C=O) groups is 3. The van der Waals surface area contributed by atoms with E-state index in [0.29, 0.717) is 6.54 Å². The molecule has 3 rings (SSSR count). The first-order valence-corrected chi connectivity index (χ1v) is 11.1. The third-order valence-corrected chi connectivity index (χ3v) is 5.83. The highest BCUT2D eigenvalue weighted by molar-refractivity contribution is 5.87. The van der Waals surface area contributed by atoms with Crippen molar-refractivity contribution in [1.29, 1.82) is 0 Å². The zero-order valence-corrected chi connectivity index (χ0v) is 19.6. The van der Waals surface area contributed by atoms with Crippen molar-refractivity contribution in [1.82, 2.24) is 15.5 Å². The predicted molar refractivity (Wildman–Crippen MR) is 127 cm³/mol. The van der Waals surface area contributed by atoms with Gasteiger partial charge in [0.05, 0.1) is 6.54 Å². The van der Waals surface area contributed by atoms with Crippen LogP contribution < -0.4 is 10.6 Å². The number of methoxy groups -OCH3 is 1. The summed E-state index contributed by atoms with van der Waals surface area (Å²) >= 11 is 0. The normalized spacial score (nSPS) is 14.1. The Morgan fingerprint density at radius 3 is 2.15 bits per heavy atom. The van der Waals surface area contributed by atoms with E-state index < -0.39 is 30.1 Å². The molecule has 1 aliphatic carbocycles. The Balaban J connectivity index is 1.53. The molecule has 3 N–H and O–H groups in total. The highest BCUT2D eigenvalue weighted by Crippen LogP contribution is 2.44. The van der Waals surface area contributed by atoms with E-state index in [-0.39, 0.29) is 25.5 Å². The van der Waals surface area contributed by atoms with Crippen molar-refractivity contribution in [3.63, 3.8) is 0 Å². The topological polar surface area (TPSA) is 117 Å². The summed E-state index contributed by atoms with van der Waals surface area (Å²) in [6.07, 6.45) is -1.49. The first-order valence-electron chi connectivity index (χ1n) is 11.1. The molecular formula is C25H31N3O6. The minimum atomic E-state index is -1.13. The van der Waals surface area contributed by atoms with E-state index in [1.54, 1.807) is 0 Å². The molecule has 9 nitrogen and oxygen atoms in total. The lowest BCUT2D eigenvalue weighted by atomic mass is 9.98. The summed E-state index contributed by atoms with van der Waals surface area (Å²) in [7, 11) is 4.95. The molecule has 2 aromatic carbocycles. The van der Waals surface area contributed by atoms with Crippen LogP contribution in [0.5, 0.6) is 0 Å². The van der Waals surface area contributed by atoms with Gasteiger partial charge in [0.25, 0.3) is 5.91 Å². The highest BCUT2D eigenvalue weighted by atomic mass is 16.5. The number of alkyl carbamates (subject to hydrolysis) is 1. The number of nitrogens with one attached hydrogen (secondary N) is 2. The van der Waals surface area contributed by atoms with Crippen LogP contribution in [0.2, 0.25) is 0 Å². The zero-order chi connectivity index (χ0) is 24.7. The third kappa shape index (κ3) is 6.12. The maximum Gasteiger partial charge on any atom is 0.407 e. The van der Waals surface area contributed by atoms with Gasteiger partial charge in [0.15, 0.2) is 6.10 Å². The Labute approximate surface area is 199 Å². The predicted octanol–water partition coefficient (Wildman–Crippen LogP) is 2.06. The Morgan fingerprint density at radius 2 is 1.62 bits per heavy atom. The maximum absolute atomic E-state index is 12.5. The average Bonchev–Trinajstić information content (AvgIpc) is 3.14. The van der Waals surface area contributed by atoms with Crippen molar-refractivity contribution < 1.29 is 29.0 Å². The van der Waals surface area contributed by atoms with Gasteiger partial charge in [-0.05, 0) is 42.8 Å². The van der Waals surface area contributed by atoms with E-state index in [1.807, 2.05) is 55.4 Å². The van der Waals surface area contributed by atoms with Gasteiger partial charge in [0.1, 0.15) is 12.6 Å². The van der Waals surface area contributed by atoms with E-state index in [4.69, 9.17) is 9.47 Å². The van der Waals surface area contributed by atoms with Crippen LogP contribution in [0.25, 0.3) is 11.1 Å². The number of hydrogen-bond acceptors (Lipinski definition) is 6. The molecule has 0 spiro atoms. The van der Waals surface area contributed by atoms with E-state index in [9.17, 15) is 19.5 Å². The van der Waals surface area contributed by atoms with Crippen LogP contribution in [0.1, 0.15) is 23.5 Å². The fraction of sp³-hybridized carbons (Fsp3) is 0.400. The van der Waals surface area contributed by atoms with Crippen LogP contribution in [0.4, 0.5) is 4.79 Å². The lowest BCUT2D eigenvalue weighted by molar-refractivity contribution is -0.144. The summed E-state index contributed by atoms with van der Waals surface area (Å²) in [5, 5.41) is 14.4. The maximum atomic E-state index is 12.5. The largest absolute Gasteiger partial charge is 0.480 e. The number of nitrogens with zero attached hydrogens (tertiary/aromatic N) is 1. The van der Waals surface area contributed by atoms with Gasteiger partial charge in [0.2, 0.25) is 0 Å². The van der Waals surface area contributed by atoms with Crippen LogP contribution in [0, 0.1) is 0 Å². The summed E-state index contributed by atoms with van der Waals surface area (Å²) in [5.41, 5.74) is 4.46. The minimum absolute atomic E-state index is 0.0762. The van der Waals surface area contributed by atoms with E-state index in [0.717, 1.165) is 22.3 Å². The molecule has 0 fully saturated rings. The lowest BCUT2D eigenvalue weighted by Crippen LogP contribution is -2.50. The monoisotopic (exact) mass is 469 g/mol. The quantitative estimate of drug-likeness (QED) is 0.461. The second kappa shape index (κ2) is 11.6. The minimum Gasteiger partial charge on any atom is -0.480 e. The van der Waals surface area contributed by atoms with Gasteiger partial charge in [-0.2, -0.15) is 0 Å². The van der Waals surface area contributed by atoms with Crippen LogP contribution in [0.3, 0.4) is 0 Å². The van der Waals surface area contributed by atoms with E-state index in [2.05, 4.69) is 22.8 Å². The molecule has 9 heteroatoms. The highest BCUT2D eigenvalue weighted by Gasteiger charge is 2.29. The number of carbonyl (C=O) groups excluding carboxylic acids is 2. The van der Waals surface area contributed by atoms with Crippen LogP contribution in [-0.2, 0) is 19.1 Å². The van der Waals surface area contributed by atoms with Crippen LogP contribution in [-0.4, -0.2) is 81.0 Å². The molecule has 2 amide bonds. The number of ether oxygens (including phenoxy) is 2. The van der Waals surface area contributed by atoms with E-state index in [1.165, 1.54) is 7.11 Å². The summed E-state index contributed by atoms with van der Waals surface area (Å²) in [6.45, 7) is 0.487. The van der Waals surface area contributed by atoms with Gasteiger partial charge in [-0.3, -0.25) is 4.79 Å². The molecule has 0 heterocycles. The molecule has 0 radical (unpaired) electrons. The van der Waals surface area contributed by atoms with Gasteiger partial charge < -0.3 is 30.1 Å². The number of carboxylic acids is 1. The first kappa shape index (κ1) is 25.2. The van der Waals surface area contributed by atoms with Crippen molar-refractivity contribution in [3.05, 3.63) is 59.7 Å². The smallest absolute Gasteiger partial charge is 0.407 e. The van der Waals surface area contributed by atoms with Crippen LogP contribution in [0.15, 0.2) is 48.5 Å². The number of benzene rings is 2. The lowest BCUT2D eigenvalue weighted by Gasteiger charge is -2.21. The summed E-state index contributed by atoms with van der Waals surface area (Å²) in [5.74, 6) is -1.82. The van der Waals surface area contributed by atoms with Crippen molar-refractivity contribution in [2.45, 2.75) is 24.5 Å². The van der Waals surface area contributed by atoms with Crippen molar-refractivity contribution in [2.75, 3.05) is 40.9 Å². The standard InChI is InChI=1S/C25H31N3O6/c1-28(2)13-12-21(24(30)31)27-23(29)22(33-3)14-26-25(32)34-15-20-18-10-6-4-8-16(18)17-9-5-7-11-19(17)20/h4-11,20-22H,12-15H2,1-3H3,(H,26,32)(H,27,29)(H,30,31). The third-order valence-electron chi connectivity index (χ3n) is 5.83. The molecule has 182 valence electrons. The zero-order valence-electron chi connectivity index (χ0n) is 19.6. The van der Waals surface area contributed by atoms with Crippen molar-refractivity contribution >= 4 is 18.0 Å². The number of amides is 2. The van der Waals surface area contributed by atoms with E-state index >= 15 is 0 Å². The number of rotatable bonds is 11. The van der Waals surface area contributed by atoms with Crippen molar-refractivity contribution in [3.8, 4) is 11.1 Å². The van der Waals surface area contributed by atoms with Gasteiger partial charge in [-0.25, -0.2) is 9.59 Å². The molecule has 0 aliphatic heterocycles. The first-order chi connectivity index (χ1) is 16.3. The second-order valence-electron chi connectivity index (χ2n) is 8.42. The number of fused-ring (bicyclic) bond motifs is 3. The fourth-order valence-electron chi connectivity index (χ4n) is 4.02. The molecule has 0 bridgehead atoms. The van der Waals surface area contributed by atoms with Gasteiger partial charge in [0, 0.05) is 19.6 Å². The van der Waals surface area contributed by atoms with Crippen molar-refractivity contribution in [2.24, 2.45) is 0 Å². The Morgan fingerprint density at radius 1 is 1.03 bits per heavy atom. The molecule has 0 aromatic heterocycles.